The zero-order valence-electron chi connectivity index (χ0n) is 21.2. The second-order valence-corrected chi connectivity index (χ2v) is 8.60. The van der Waals surface area contributed by atoms with Gasteiger partial charge < -0.3 is 10.0 Å². The third-order valence-corrected chi connectivity index (χ3v) is 6.07. The standard InChI is InChI=1S/C31H25N3O3/c1-33-29-16-15-26(19-27(29)20-32-33)24-13-10-23(11-14-24)21-34(31(37)25-7-3-2-4-8-25)28-9-5-6-22(18-28)12-17-30(35)36/h2-20H,21H2,1H3,(H,35,36)/b17-12+/i21D. The van der Waals surface area contributed by atoms with E-state index in [2.05, 4.69) is 11.2 Å². The number of carboxylic acids is 1. The van der Waals surface area contributed by atoms with E-state index in [4.69, 9.17) is 6.48 Å². The van der Waals surface area contributed by atoms with Crippen LogP contribution < -0.4 is 4.90 Å². The lowest BCUT2D eigenvalue weighted by molar-refractivity contribution is -0.131. The van der Waals surface area contributed by atoms with Crippen molar-refractivity contribution in [3.05, 3.63) is 126 Å². The summed E-state index contributed by atoms with van der Waals surface area (Å²) in [6.45, 7) is -1.03. The summed E-state index contributed by atoms with van der Waals surface area (Å²) >= 11 is 0. The number of carboxylic acid groups (broad SMARTS) is 1. The van der Waals surface area contributed by atoms with Crippen molar-refractivity contribution in [2.45, 2.75) is 6.52 Å². The minimum absolute atomic E-state index is 0.323. The summed E-state index contributed by atoms with van der Waals surface area (Å²) in [5.41, 5.74) is 5.29. The number of hydrogen-bond acceptors (Lipinski definition) is 3. The molecule has 1 heterocycles. The molecule has 0 aliphatic heterocycles. The topological polar surface area (TPSA) is 75.4 Å². The van der Waals surface area contributed by atoms with Gasteiger partial charge in [0.25, 0.3) is 5.91 Å². The molecule has 1 atom stereocenters. The molecule has 1 aromatic heterocycles. The molecule has 0 aliphatic carbocycles. The normalized spacial score (nSPS) is 12.4. The van der Waals surface area contributed by atoms with E-state index in [1.165, 1.54) is 11.0 Å². The van der Waals surface area contributed by atoms with Crippen LogP contribution in [0, 0.1) is 0 Å². The Bertz CT molecular complexity index is 1640. The molecule has 0 aliphatic rings. The Labute approximate surface area is 216 Å². The molecule has 0 radical (unpaired) electrons. The van der Waals surface area contributed by atoms with Crippen LogP contribution in [0.2, 0.25) is 0 Å². The first-order valence-corrected chi connectivity index (χ1v) is 11.7. The second kappa shape index (κ2) is 10.3. The molecule has 6 heteroatoms. The third-order valence-electron chi connectivity index (χ3n) is 6.07. The van der Waals surface area contributed by atoms with E-state index in [9.17, 15) is 9.59 Å². The average molecular weight is 489 g/mol. The van der Waals surface area contributed by atoms with E-state index >= 15 is 0 Å². The van der Waals surface area contributed by atoms with Crippen LogP contribution in [-0.2, 0) is 18.4 Å². The van der Waals surface area contributed by atoms with Crippen molar-refractivity contribution >= 4 is 34.5 Å². The van der Waals surface area contributed by atoms with Crippen LogP contribution in [0.3, 0.4) is 0 Å². The first kappa shape index (κ1) is 22.5. The van der Waals surface area contributed by atoms with Crippen LogP contribution in [0.5, 0.6) is 0 Å². The van der Waals surface area contributed by atoms with E-state index in [-0.39, 0.29) is 5.91 Å². The molecule has 0 spiro atoms. The summed E-state index contributed by atoms with van der Waals surface area (Å²) in [4.78, 5) is 26.0. The molecule has 37 heavy (non-hydrogen) atoms. The number of aryl methyl sites for hydroxylation is 1. The minimum Gasteiger partial charge on any atom is -0.478 e. The number of fused-ring (bicyclic) bond motifs is 1. The molecule has 0 saturated heterocycles. The predicted molar refractivity (Wildman–Crippen MR) is 146 cm³/mol. The van der Waals surface area contributed by atoms with Crippen molar-refractivity contribution in [3.63, 3.8) is 0 Å². The van der Waals surface area contributed by atoms with Crippen molar-refractivity contribution < 1.29 is 16.1 Å². The molecular weight excluding hydrogens is 462 g/mol. The van der Waals surface area contributed by atoms with Crippen LogP contribution in [0.25, 0.3) is 28.1 Å². The third kappa shape index (κ3) is 5.33. The molecule has 0 bridgehead atoms. The number of carbonyl (C=O) groups is 2. The Balaban J connectivity index is 1.50. The number of hydrogen-bond donors (Lipinski definition) is 1. The summed E-state index contributed by atoms with van der Waals surface area (Å²) in [5, 5.41) is 14.3. The first-order chi connectivity index (χ1) is 18.4. The Hall–Kier alpha value is -4.97. The zero-order valence-corrected chi connectivity index (χ0v) is 20.2. The molecule has 4 aromatic carbocycles. The molecule has 5 rings (SSSR count). The molecule has 182 valence electrons. The van der Waals surface area contributed by atoms with Crippen molar-refractivity contribution in [2.75, 3.05) is 4.90 Å². The number of benzene rings is 4. The van der Waals surface area contributed by atoms with Gasteiger partial charge in [0.2, 0.25) is 0 Å². The summed E-state index contributed by atoms with van der Waals surface area (Å²) in [5.74, 6) is -1.38. The number of aromatic nitrogens is 2. The van der Waals surface area contributed by atoms with Crippen molar-refractivity contribution in [2.24, 2.45) is 7.05 Å². The Kier molecular flexibility index (Phi) is 6.28. The molecule has 1 N–H and O–H groups in total. The van der Waals surface area contributed by atoms with Gasteiger partial charge in [-0.2, -0.15) is 5.10 Å². The summed E-state index contributed by atoms with van der Waals surface area (Å²) in [7, 11) is 1.91. The monoisotopic (exact) mass is 488 g/mol. The maximum atomic E-state index is 13.6. The molecular formula is C31H25N3O3. The highest BCUT2D eigenvalue weighted by Gasteiger charge is 2.18. The van der Waals surface area contributed by atoms with E-state index in [1.54, 1.807) is 48.5 Å². The molecule has 6 nitrogen and oxygen atoms in total. The average Bonchev–Trinajstić information content (AvgIpc) is 3.32. The number of anilines is 1. The van der Waals surface area contributed by atoms with Gasteiger partial charge in [-0.15, -0.1) is 0 Å². The highest BCUT2D eigenvalue weighted by Crippen LogP contribution is 2.26. The van der Waals surface area contributed by atoms with Gasteiger partial charge in [0.15, 0.2) is 0 Å². The summed E-state index contributed by atoms with van der Waals surface area (Å²) in [6, 6.07) is 29.6. The fourth-order valence-electron chi connectivity index (χ4n) is 4.17. The van der Waals surface area contributed by atoms with Crippen molar-refractivity contribution in [1.29, 1.82) is 0 Å². The van der Waals surface area contributed by atoms with E-state index < -0.39 is 12.5 Å². The number of rotatable bonds is 7. The fourth-order valence-corrected chi connectivity index (χ4v) is 4.17. The van der Waals surface area contributed by atoms with Gasteiger partial charge >= 0.3 is 5.97 Å². The van der Waals surface area contributed by atoms with E-state index in [1.807, 2.05) is 60.4 Å². The number of carbonyl (C=O) groups excluding carboxylic acids is 1. The van der Waals surface area contributed by atoms with E-state index in [0.29, 0.717) is 22.4 Å². The lowest BCUT2D eigenvalue weighted by Gasteiger charge is -2.24. The molecule has 0 fully saturated rings. The lowest BCUT2D eigenvalue weighted by Crippen LogP contribution is -2.30. The highest BCUT2D eigenvalue weighted by molar-refractivity contribution is 6.06. The summed E-state index contributed by atoms with van der Waals surface area (Å²) < 4.78 is 10.9. The highest BCUT2D eigenvalue weighted by atomic mass is 16.4. The first-order valence-electron chi connectivity index (χ1n) is 12.3. The predicted octanol–water partition coefficient (Wildman–Crippen LogP) is 6.19. The van der Waals surface area contributed by atoms with Crippen LogP contribution in [0.15, 0.2) is 109 Å². The second-order valence-electron chi connectivity index (χ2n) is 8.60. The van der Waals surface area contributed by atoms with Gasteiger partial charge in [0, 0.05) is 29.8 Å². The number of amides is 1. The Morgan fingerprint density at radius 2 is 1.70 bits per heavy atom. The number of nitrogens with zero attached hydrogens (tertiary/aromatic N) is 3. The lowest BCUT2D eigenvalue weighted by atomic mass is 10.0. The van der Waals surface area contributed by atoms with Gasteiger partial charge in [-0.1, -0.05) is 60.7 Å². The van der Waals surface area contributed by atoms with E-state index in [0.717, 1.165) is 28.1 Å². The van der Waals surface area contributed by atoms with Crippen LogP contribution in [0.4, 0.5) is 5.69 Å². The van der Waals surface area contributed by atoms with Gasteiger partial charge in [-0.25, -0.2) is 4.79 Å². The zero-order chi connectivity index (χ0) is 26.6. The molecule has 1 unspecified atom stereocenters. The van der Waals surface area contributed by atoms with Gasteiger partial charge in [-0.3, -0.25) is 9.48 Å². The van der Waals surface area contributed by atoms with Crippen molar-refractivity contribution in [1.82, 2.24) is 9.78 Å². The largest absolute Gasteiger partial charge is 0.478 e. The Morgan fingerprint density at radius 1 is 0.946 bits per heavy atom. The smallest absolute Gasteiger partial charge is 0.328 e. The summed E-state index contributed by atoms with van der Waals surface area (Å²) in [6.07, 6.45) is 4.34. The molecule has 1 amide bonds. The van der Waals surface area contributed by atoms with Gasteiger partial charge in [-0.05, 0) is 64.7 Å². The Morgan fingerprint density at radius 3 is 2.46 bits per heavy atom. The SMILES string of the molecule is [2H]C(c1ccc(-c2ccc3c(cnn3C)c2)cc1)N(C(=O)c1ccccc1)c1cccc(/C=C/C(=O)O)c1. The van der Waals surface area contributed by atoms with Crippen molar-refractivity contribution in [3.8, 4) is 11.1 Å². The van der Waals surface area contributed by atoms with Gasteiger partial charge in [0.05, 0.1) is 19.6 Å². The quantitative estimate of drug-likeness (QED) is 0.277. The van der Waals surface area contributed by atoms with Gasteiger partial charge in [0.1, 0.15) is 0 Å². The maximum Gasteiger partial charge on any atom is 0.328 e. The minimum atomic E-state index is -1.06. The molecule has 5 aromatic rings. The number of aliphatic carboxylic acids is 1. The fraction of sp³-hybridized carbons (Fsp3) is 0.0645. The maximum absolute atomic E-state index is 13.6. The van der Waals surface area contributed by atoms with Crippen LogP contribution in [0.1, 0.15) is 22.9 Å². The van der Waals surface area contributed by atoms with Crippen LogP contribution >= 0.6 is 0 Å². The molecule has 0 saturated carbocycles. The van der Waals surface area contributed by atoms with Crippen LogP contribution in [-0.4, -0.2) is 26.8 Å².